The highest BCUT2D eigenvalue weighted by molar-refractivity contribution is 7.14. The van der Waals surface area contributed by atoms with Gasteiger partial charge in [-0.15, -0.1) is 11.3 Å². The summed E-state index contributed by atoms with van der Waals surface area (Å²) in [6.45, 7) is 2.40. The van der Waals surface area contributed by atoms with Gasteiger partial charge in [-0.3, -0.25) is 9.59 Å². The fraction of sp³-hybridized carbons (Fsp3) is 0.190. The molecule has 1 unspecified atom stereocenters. The van der Waals surface area contributed by atoms with Crippen LogP contribution in [-0.2, 0) is 9.59 Å². The summed E-state index contributed by atoms with van der Waals surface area (Å²) in [4.78, 5) is 31.1. The van der Waals surface area contributed by atoms with Gasteiger partial charge < -0.3 is 10.2 Å². The molecule has 1 fully saturated rings. The third-order valence-corrected chi connectivity index (χ3v) is 5.40. The fourth-order valence-corrected chi connectivity index (χ4v) is 3.86. The summed E-state index contributed by atoms with van der Waals surface area (Å²) < 4.78 is 0. The van der Waals surface area contributed by atoms with E-state index < -0.39 is 0 Å². The number of benzene rings is 2. The number of rotatable bonds is 4. The van der Waals surface area contributed by atoms with E-state index in [1.165, 1.54) is 11.3 Å². The first kappa shape index (κ1) is 17.4. The Morgan fingerprint density at radius 1 is 1.15 bits per heavy atom. The minimum atomic E-state index is -0.372. The molecule has 1 aliphatic heterocycles. The van der Waals surface area contributed by atoms with Gasteiger partial charge in [0.2, 0.25) is 11.8 Å². The third-order valence-electron chi connectivity index (χ3n) is 4.65. The Kier molecular flexibility index (Phi) is 4.73. The molecule has 5 nitrogen and oxygen atoms in total. The Balaban J connectivity index is 1.43. The number of carbonyl (C=O) groups excluding carboxylic acids is 2. The van der Waals surface area contributed by atoms with E-state index in [9.17, 15) is 9.59 Å². The van der Waals surface area contributed by atoms with Crippen molar-refractivity contribution in [1.82, 2.24) is 4.98 Å². The van der Waals surface area contributed by atoms with Crippen LogP contribution in [0.3, 0.4) is 0 Å². The number of hydrogen-bond acceptors (Lipinski definition) is 4. The molecule has 136 valence electrons. The molecule has 3 aromatic rings. The SMILES string of the molecule is Cc1ccc(N2CC(C(=O)Nc3nc(-c4ccccc4)cs3)CC2=O)cc1. The second-order valence-electron chi connectivity index (χ2n) is 6.63. The van der Waals surface area contributed by atoms with Crippen molar-refractivity contribution in [3.63, 3.8) is 0 Å². The minimum Gasteiger partial charge on any atom is -0.312 e. The summed E-state index contributed by atoms with van der Waals surface area (Å²) in [5, 5.41) is 5.34. The maximum Gasteiger partial charge on any atom is 0.231 e. The highest BCUT2D eigenvalue weighted by Gasteiger charge is 2.35. The van der Waals surface area contributed by atoms with Gasteiger partial charge in [0, 0.05) is 29.6 Å². The van der Waals surface area contributed by atoms with Crippen molar-refractivity contribution in [2.24, 2.45) is 5.92 Å². The number of nitrogens with one attached hydrogen (secondary N) is 1. The van der Waals surface area contributed by atoms with Crippen molar-refractivity contribution >= 4 is 34.0 Å². The molecule has 0 saturated carbocycles. The van der Waals surface area contributed by atoms with Gasteiger partial charge in [-0.05, 0) is 19.1 Å². The van der Waals surface area contributed by atoms with Gasteiger partial charge >= 0.3 is 0 Å². The second-order valence-corrected chi connectivity index (χ2v) is 7.49. The smallest absolute Gasteiger partial charge is 0.231 e. The molecule has 1 saturated heterocycles. The summed E-state index contributed by atoms with van der Waals surface area (Å²) in [7, 11) is 0. The van der Waals surface area contributed by atoms with Crippen LogP contribution in [0.25, 0.3) is 11.3 Å². The van der Waals surface area contributed by atoms with Crippen LogP contribution in [0.5, 0.6) is 0 Å². The summed E-state index contributed by atoms with van der Waals surface area (Å²) in [6.07, 6.45) is 0.219. The van der Waals surface area contributed by atoms with E-state index in [4.69, 9.17) is 0 Å². The lowest BCUT2D eigenvalue weighted by Crippen LogP contribution is -2.28. The highest BCUT2D eigenvalue weighted by Crippen LogP contribution is 2.28. The topological polar surface area (TPSA) is 62.3 Å². The molecule has 6 heteroatoms. The summed E-state index contributed by atoms with van der Waals surface area (Å²) >= 11 is 1.39. The van der Waals surface area contributed by atoms with Crippen molar-refractivity contribution < 1.29 is 9.59 Å². The molecular formula is C21H19N3O2S. The number of aromatic nitrogens is 1. The second kappa shape index (κ2) is 7.32. The molecule has 1 atom stereocenters. The molecule has 0 radical (unpaired) electrons. The largest absolute Gasteiger partial charge is 0.312 e. The van der Waals surface area contributed by atoms with Crippen molar-refractivity contribution in [3.05, 3.63) is 65.5 Å². The van der Waals surface area contributed by atoms with Crippen molar-refractivity contribution in [3.8, 4) is 11.3 Å². The van der Waals surface area contributed by atoms with Gasteiger partial charge in [0.05, 0.1) is 11.6 Å². The van der Waals surface area contributed by atoms with Crippen LogP contribution in [0.2, 0.25) is 0 Å². The van der Waals surface area contributed by atoms with Gasteiger partial charge in [0.15, 0.2) is 5.13 Å². The molecular weight excluding hydrogens is 358 g/mol. The molecule has 0 spiro atoms. The van der Waals surface area contributed by atoms with Gasteiger partial charge in [-0.1, -0.05) is 48.0 Å². The Morgan fingerprint density at radius 3 is 2.63 bits per heavy atom. The molecule has 4 rings (SSSR count). The maximum atomic E-state index is 12.6. The van der Waals surface area contributed by atoms with Crippen LogP contribution >= 0.6 is 11.3 Å². The molecule has 1 aromatic heterocycles. The van der Waals surface area contributed by atoms with Crippen LogP contribution in [0.1, 0.15) is 12.0 Å². The number of amides is 2. The van der Waals surface area contributed by atoms with Crippen molar-refractivity contribution in [2.75, 3.05) is 16.8 Å². The highest BCUT2D eigenvalue weighted by atomic mass is 32.1. The Labute approximate surface area is 161 Å². The zero-order valence-corrected chi connectivity index (χ0v) is 15.7. The fourth-order valence-electron chi connectivity index (χ4n) is 3.14. The zero-order chi connectivity index (χ0) is 18.8. The van der Waals surface area contributed by atoms with Crippen LogP contribution in [0.15, 0.2) is 60.0 Å². The molecule has 2 amide bonds. The quantitative estimate of drug-likeness (QED) is 0.744. The van der Waals surface area contributed by atoms with Crippen LogP contribution < -0.4 is 10.2 Å². The average molecular weight is 377 g/mol. The third kappa shape index (κ3) is 3.75. The summed E-state index contributed by atoms with van der Waals surface area (Å²) in [5.41, 5.74) is 3.81. The number of hydrogen-bond donors (Lipinski definition) is 1. The lowest BCUT2D eigenvalue weighted by molar-refractivity contribution is -0.122. The molecule has 1 N–H and O–H groups in total. The van der Waals surface area contributed by atoms with Crippen molar-refractivity contribution in [2.45, 2.75) is 13.3 Å². The first-order valence-electron chi connectivity index (χ1n) is 8.79. The van der Waals surface area contributed by atoms with E-state index in [1.807, 2.05) is 66.9 Å². The predicted octanol–water partition coefficient (Wildman–Crippen LogP) is 4.11. The zero-order valence-electron chi connectivity index (χ0n) is 14.9. The molecule has 1 aliphatic rings. The molecule has 2 heterocycles. The van der Waals surface area contributed by atoms with Crippen LogP contribution in [-0.4, -0.2) is 23.3 Å². The van der Waals surface area contributed by atoms with E-state index in [0.29, 0.717) is 11.7 Å². The monoisotopic (exact) mass is 377 g/mol. The van der Waals surface area contributed by atoms with E-state index >= 15 is 0 Å². The van der Waals surface area contributed by atoms with Gasteiger partial charge in [-0.25, -0.2) is 4.98 Å². The Hall–Kier alpha value is -2.99. The van der Waals surface area contributed by atoms with E-state index in [2.05, 4.69) is 10.3 Å². The van der Waals surface area contributed by atoms with Gasteiger partial charge in [0.25, 0.3) is 0 Å². The number of aryl methyl sites for hydroxylation is 1. The number of carbonyl (C=O) groups is 2. The van der Waals surface area contributed by atoms with Crippen LogP contribution in [0, 0.1) is 12.8 Å². The first-order valence-corrected chi connectivity index (χ1v) is 9.67. The number of thiazole rings is 1. The average Bonchev–Trinajstić information content (AvgIpc) is 3.30. The molecule has 2 aromatic carbocycles. The lowest BCUT2D eigenvalue weighted by Gasteiger charge is -2.16. The molecule has 0 aliphatic carbocycles. The molecule has 27 heavy (non-hydrogen) atoms. The lowest BCUT2D eigenvalue weighted by atomic mass is 10.1. The standard InChI is InChI=1S/C21H19N3O2S/c1-14-7-9-17(10-8-14)24-12-16(11-19(24)25)20(26)23-21-22-18(13-27-21)15-5-3-2-4-6-15/h2-10,13,16H,11-12H2,1H3,(H,22,23,26). The summed E-state index contributed by atoms with van der Waals surface area (Å²) in [5.74, 6) is -0.557. The maximum absolute atomic E-state index is 12.6. The van der Waals surface area contributed by atoms with Gasteiger partial charge in [-0.2, -0.15) is 0 Å². The van der Waals surface area contributed by atoms with Crippen LogP contribution in [0.4, 0.5) is 10.8 Å². The van der Waals surface area contributed by atoms with E-state index in [-0.39, 0.29) is 24.2 Å². The first-order chi connectivity index (χ1) is 13.1. The van der Waals surface area contributed by atoms with Gasteiger partial charge in [0.1, 0.15) is 0 Å². The predicted molar refractivity (Wildman–Crippen MR) is 108 cm³/mol. The number of anilines is 2. The normalized spacial score (nSPS) is 16.6. The number of nitrogens with zero attached hydrogens (tertiary/aromatic N) is 2. The van der Waals surface area contributed by atoms with E-state index in [0.717, 1.165) is 22.5 Å². The summed E-state index contributed by atoms with van der Waals surface area (Å²) in [6, 6.07) is 17.6. The Bertz CT molecular complexity index is 967. The van der Waals surface area contributed by atoms with E-state index in [1.54, 1.807) is 4.90 Å². The van der Waals surface area contributed by atoms with Crippen molar-refractivity contribution in [1.29, 1.82) is 0 Å². The minimum absolute atomic E-state index is 0.0249. The Morgan fingerprint density at radius 2 is 1.89 bits per heavy atom. The molecule has 0 bridgehead atoms.